The van der Waals surface area contributed by atoms with Crippen LogP contribution in [-0.4, -0.2) is 24.1 Å². The number of carbonyl (C=O) groups excluding carboxylic acids is 3. The minimum Gasteiger partial charge on any atom is -0.276 e. The predicted molar refractivity (Wildman–Crippen MR) is 111 cm³/mol. The number of anilines is 1. The first kappa shape index (κ1) is 18.0. The molecule has 0 saturated carbocycles. The summed E-state index contributed by atoms with van der Waals surface area (Å²) >= 11 is 4.25. The van der Waals surface area contributed by atoms with Crippen LogP contribution in [0.4, 0.5) is 16.2 Å². The lowest BCUT2D eigenvalue weighted by Crippen LogP contribution is -2.58. The SMILES string of the molecule is O=C1NC(=O)N(c2ccc(I)cc2)C(=O)[C@@H]1C=Nc1ccccc1I. The maximum Gasteiger partial charge on any atom is 0.335 e. The Morgan fingerprint density at radius 2 is 1.68 bits per heavy atom. The number of hydrogen-bond acceptors (Lipinski definition) is 4. The van der Waals surface area contributed by atoms with Gasteiger partial charge in [0.25, 0.3) is 5.91 Å². The van der Waals surface area contributed by atoms with Crippen LogP contribution in [0.15, 0.2) is 53.5 Å². The fraction of sp³-hybridized carbons (Fsp3) is 0.0588. The highest BCUT2D eigenvalue weighted by atomic mass is 127. The molecule has 1 fully saturated rings. The molecule has 25 heavy (non-hydrogen) atoms. The molecule has 2 aromatic carbocycles. The summed E-state index contributed by atoms with van der Waals surface area (Å²) in [6.07, 6.45) is 1.28. The molecule has 3 rings (SSSR count). The van der Waals surface area contributed by atoms with Crippen LogP contribution < -0.4 is 10.2 Å². The standard InChI is InChI=1S/C17H11I2N3O3/c18-10-5-7-11(8-6-10)22-16(24)12(15(23)21-17(22)25)9-20-14-4-2-1-3-13(14)19/h1-9,12H,(H,21,23,25)/t12-/m1/s1. The number of hydrogen-bond donors (Lipinski definition) is 1. The number of rotatable bonds is 3. The monoisotopic (exact) mass is 559 g/mol. The normalized spacial score (nSPS) is 17.9. The van der Waals surface area contributed by atoms with Crippen LogP contribution in [0.3, 0.4) is 0 Å². The van der Waals surface area contributed by atoms with Gasteiger partial charge >= 0.3 is 6.03 Å². The van der Waals surface area contributed by atoms with E-state index in [-0.39, 0.29) is 0 Å². The zero-order valence-electron chi connectivity index (χ0n) is 12.6. The Kier molecular flexibility index (Phi) is 5.47. The zero-order valence-corrected chi connectivity index (χ0v) is 17.0. The number of para-hydroxylation sites is 1. The minimum absolute atomic E-state index is 0.406. The summed E-state index contributed by atoms with van der Waals surface area (Å²) < 4.78 is 1.87. The van der Waals surface area contributed by atoms with Gasteiger partial charge in [-0.25, -0.2) is 9.69 Å². The molecule has 1 heterocycles. The van der Waals surface area contributed by atoms with Gasteiger partial charge in [0.1, 0.15) is 0 Å². The number of benzene rings is 2. The highest BCUT2D eigenvalue weighted by Crippen LogP contribution is 2.23. The second-order valence-electron chi connectivity index (χ2n) is 5.15. The van der Waals surface area contributed by atoms with Gasteiger partial charge in [-0.2, -0.15) is 0 Å². The van der Waals surface area contributed by atoms with Crippen molar-refractivity contribution >= 4 is 80.6 Å². The van der Waals surface area contributed by atoms with Gasteiger partial charge in [0, 0.05) is 13.4 Å². The summed E-state index contributed by atoms with van der Waals surface area (Å²) in [6, 6.07) is 13.5. The van der Waals surface area contributed by atoms with E-state index in [1.807, 2.05) is 18.2 Å². The lowest BCUT2D eigenvalue weighted by Gasteiger charge is -2.28. The molecular formula is C17H11I2N3O3. The van der Waals surface area contributed by atoms with E-state index in [1.165, 1.54) is 6.21 Å². The Morgan fingerprint density at radius 1 is 1.00 bits per heavy atom. The first-order valence-electron chi connectivity index (χ1n) is 7.20. The van der Waals surface area contributed by atoms with E-state index in [2.05, 4.69) is 55.5 Å². The van der Waals surface area contributed by atoms with Gasteiger partial charge < -0.3 is 0 Å². The number of urea groups is 1. The van der Waals surface area contributed by atoms with Crippen molar-refractivity contribution in [2.45, 2.75) is 0 Å². The van der Waals surface area contributed by atoms with Crippen LogP contribution in [0.2, 0.25) is 0 Å². The van der Waals surface area contributed by atoms with Crippen LogP contribution >= 0.6 is 45.2 Å². The summed E-state index contributed by atoms with van der Waals surface area (Å²) in [4.78, 5) is 42.1. The van der Waals surface area contributed by atoms with Crippen LogP contribution in [0.5, 0.6) is 0 Å². The molecule has 6 nitrogen and oxygen atoms in total. The number of aliphatic imine (C=N–C) groups is 1. The number of nitrogens with zero attached hydrogens (tertiary/aromatic N) is 2. The quantitative estimate of drug-likeness (QED) is 0.356. The number of amides is 4. The molecule has 0 unspecified atom stereocenters. The Hall–Kier alpha value is -1.82. The van der Waals surface area contributed by atoms with E-state index in [1.54, 1.807) is 30.3 Å². The fourth-order valence-corrected chi connectivity index (χ4v) is 3.15. The Bertz CT molecular complexity index is 881. The van der Waals surface area contributed by atoms with Gasteiger partial charge in [-0.1, -0.05) is 12.1 Å². The molecule has 1 N–H and O–H groups in total. The molecule has 0 aliphatic carbocycles. The van der Waals surface area contributed by atoms with Gasteiger partial charge in [-0.3, -0.25) is 19.9 Å². The lowest BCUT2D eigenvalue weighted by molar-refractivity contribution is -0.131. The number of carbonyl (C=O) groups is 3. The molecule has 8 heteroatoms. The summed E-state index contributed by atoms with van der Waals surface area (Å²) in [5.74, 6) is -2.45. The molecule has 0 aromatic heterocycles. The second kappa shape index (κ2) is 7.60. The zero-order chi connectivity index (χ0) is 18.0. The third-order valence-corrected chi connectivity index (χ3v) is 5.13. The van der Waals surface area contributed by atoms with Crippen molar-refractivity contribution in [2.75, 3.05) is 4.90 Å². The highest BCUT2D eigenvalue weighted by molar-refractivity contribution is 14.1. The summed E-state index contributed by atoms with van der Waals surface area (Å²) in [5.41, 5.74) is 1.06. The molecule has 0 spiro atoms. The van der Waals surface area contributed by atoms with Gasteiger partial charge in [0.15, 0.2) is 5.92 Å². The molecule has 2 aromatic rings. The number of barbiturate groups is 1. The fourth-order valence-electron chi connectivity index (χ4n) is 2.27. The van der Waals surface area contributed by atoms with Crippen molar-refractivity contribution in [3.63, 3.8) is 0 Å². The maximum atomic E-state index is 12.7. The summed E-state index contributed by atoms with van der Waals surface area (Å²) in [6.45, 7) is 0. The molecule has 1 aliphatic heterocycles. The highest BCUT2D eigenvalue weighted by Gasteiger charge is 2.40. The van der Waals surface area contributed by atoms with Gasteiger partial charge in [-0.05, 0) is 81.6 Å². The van der Waals surface area contributed by atoms with E-state index in [9.17, 15) is 14.4 Å². The van der Waals surface area contributed by atoms with Gasteiger partial charge in [0.05, 0.1) is 11.4 Å². The molecule has 126 valence electrons. The van der Waals surface area contributed by atoms with Crippen molar-refractivity contribution in [2.24, 2.45) is 10.9 Å². The average molecular weight is 559 g/mol. The van der Waals surface area contributed by atoms with Crippen molar-refractivity contribution in [1.82, 2.24) is 5.32 Å². The smallest absolute Gasteiger partial charge is 0.276 e. The van der Waals surface area contributed by atoms with Crippen LogP contribution in [-0.2, 0) is 9.59 Å². The van der Waals surface area contributed by atoms with Crippen LogP contribution in [0, 0.1) is 13.1 Å². The molecule has 0 radical (unpaired) electrons. The third kappa shape index (κ3) is 3.89. The largest absolute Gasteiger partial charge is 0.335 e. The molecule has 1 atom stereocenters. The van der Waals surface area contributed by atoms with Crippen molar-refractivity contribution < 1.29 is 14.4 Å². The van der Waals surface area contributed by atoms with Crippen molar-refractivity contribution in [3.05, 3.63) is 55.7 Å². The number of nitrogens with one attached hydrogen (secondary N) is 1. The van der Waals surface area contributed by atoms with Crippen LogP contribution in [0.1, 0.15) is 0 Å². The molecular weight excluding hydrogens is 548 g/mol. The molecule has 0 bridgehead atoms. The minimum atomic E-state index is -1.16. The van der Waals surface area contributed by atoms with Gasteiger partial charge in [-0.15, -0.1) is 0 Å². The van der Waals surface area contributed by atoms with E-state index < -0.39 is 23.8 Å². The van der Waals surface area contributed by atoms with Gasteiger partial charge in [0.2, 0.25) is 5.91 Å². The van der Waals surface area contributed by atoms with E-state index in [0.29, 0.717) is 11.4 Å². The third-order valence-electron chi connectivity index (χ3n) is 3.50. The summed E-state index contributed by atoms with van der Waals surface area (Å²) in [7, 11) is 0. The van der Waals surface area contributed by atoms with E-state index in [0.717, 1.165) is 12.0 Å². The molecule has 1 aliphatic rings. The van der Waals surface area contributed by atoms with Crippen molar-refractivity contribution in [3.8, 4) is 0 Å². The van der Waals surface area contributed by atoms with E-state index in [4.69, 9.17) is 0 Å². The maximum absolute atomic E-state index is 12.7. The first-order valence-corrected chi connectivity index (χ1v) is 9.36. The Labute approximate surface area is 171 Å². The van der Waals surface area contributed by atoms with E-state index >= 15 is 0 Å². The van der Waals surface area contributed by atoms with Crippen LogP contribution in [0.25, 0.3) is 0 Å². The molecule has 4 amide bonds. The summed E-state index contributed by atoms with van der Waals surface area (Å²) in [5, 5.41) is 2.21. The predicted octanol–water partition coefficient (Wildman–Crippen LogP) is 3.50. The topological polar surface area (TPSA) is 78.8 Å². The Morgan fingerprint density at radius 3 is 2.36 bits per heavy atom. The first-order chi connectivity index (χ1) is 12.0. The number of imide groups is 2. The Balaban J connectivity index is 1.90. The number of halogens is 2. The molecule has 1 saturated heterocycles. The average Bonchev–Trinajstić information content (AvgIpc) is 2.57. The van der Waals surface area contributed by atoms with Crippen molar-refractivity contribution in [1.29, 1.82) is 0 Å². The lowest BCUT2D eigenvalue weighted by atomic mass is 10.1. The second-order valence-corrected chi connectivity index (χ2v) is 7.56.